The van der Waals surface area contributed by atoms with Gasteiger partial charge in [-0.25, -0.2) is 9.97 Å². The number of carbonyl (C=O) groups excluding carboxylic acids is 1. The molecule has 0 amide bonds. The van der Waals surface area contributed by atoms with Crippen LogP contribution in [0.3, 0.4) is 0 Å². The lowest BCUT2D eigenvalue weighted by molar-refractivity contribution is -0.145. The Labute approximate surface area is 81.9 Å². The predicted molar refractivity (Wildman–Crippen MR) is 42.0 cm³/mol. The summed E-state index contributed by atoms with van der Waals surface area (Å²) in [4.78, 5) is 16.7. The monoisotopic (exact) mass is 224 g/mol. The molecule has 1 aromatic rings. The van der Waals surface area contributed by atoms with Crippen LogP contribution in [-0.2, 0) is 6.18 Å². The van der Waals surface area contributed by atoms with E-state index in [9.17, 15) is 18.0 Å². The Balaban J connectivity index is 3.20. The molecular weight excluding hydrogens is 221 g/mol. The average molecular weight is 225 g/mol. The summed E-state index contributed by atoms with van der Waals surface area (Å²) in [6, 6.07) is 0. The van der Waals surface area contributed by atoms with Gasteiger partial charge in [-0.05, 0) is 18.5 Å². The minimum absolute atomic E-state index is 0.0904. The lowest BCUT2D eigenvalue weighted by Crippen LogP contribution is -2.13. The number of alkyl halides is 3. The van der Waals surface area contributed by atoms with Crippen molar-refractivity contribution in [3.8, 4) is 0 Å². The zero-order chi connectivity index (χ0) is 10.9. The normalized spacial score (nSPS) is 11.5. The standard InChI is InChI=1S/C7H4ClF3N2O/c1-3-4(5(8)14)2-12-6(13-3)7(9,10)11/h2H,1H3. The summed E-state index contributed by atoms with van der Waals surface area (Å²) in [5.41, 5.74) is -0.216. The van der Waals surface area contributed by atoms with Crippen LogP contribution in [-0.4, -0.2) is 15.2 Å². The summed E-state index contributed by atoms with van der Waals surface area (Å²) in [6.07, 6.45) is -3.85. The van der Waals surface area contributed by atoms with E-state index in [1.165, 1.54) is 6.92 Å². The molecule has 0 unspecified atom stereocenters. The summed E-state index contributed by atoms with van der Waals surface area (Å²) in [7, 11) is 0. The molecule has 1 heterocycles. The number of hydrogen-bond acceptors (Lipinski definition) is 3. The van der Waals surface area contributed by atoms with Gasteiger partial charge in [-0.15, -0.1) is 0 Å². The zero-order valence-electron chi connectivity index (χ0n) is 6.89. The average Bonchev–Trinajstić information content (AvgIpc) is 2.01. The SMILES string of the molecule is Cc1nc(C(F)(F)F)ncc1C(=O)Cl. The largest absolute Gasteiger partial charge is 0.451 e. The fraction of sp³-hybridized carbons (Fsp3) is 0.286. The molecule has 0 radical (unpaired) electrons. The van der Waals surface area contributed by atoms with Crippen molar-refractivity contribution in [1.29, 1.82) is 0 Å². The first-order valence-corrected chi connectivity index (χ1v) is 3.81. The van der Waals surface area contributed by atoms with E-state index in [4.69, 9.17) is 11.6 Å². The van der Waals surface area contributed by atoms with Crippen LogP contribution in [0.1, 0.15) is 21.9 Å². The van der Waals surface area contributed by atoms with Crippen LogP contribution >= 0.6 is 11.6 Å². The van der Waals surface area contributed by atoms with Gasteiger partial charge in [-0.2, -0.15) is 13.2 Å². The Morgan fingerprint density at radius 1 is 1.50 bits per heavy atom. The van der Waals surface area contributed by atoms with Crippen molar-refractivity contribution in [2.75, 3.05) is 0 Å². The van der Waals surface area contributed by atoms with Gasteiger partial charge in [-0.3, -0.25) is 4.79 Å². The fourth-order valence-corrected chi connectivity index (χ4v) is 0.982. The summed E-state index contributed by atoms with van der Waals surface area (Å²) in [5, 5.41) is -0.878. The van der Waals surface area contributed by atoms with E-state index in [-0.39, 0.29) is 11.3 Å². The van der Waals surface area contributed by atoms with Crippen LogP contribution in [0.2, 0.25) is 0 Å². The Morgan fingerprint density at radius 3 is 2.43 bits per heavy atom. The lowest BCUT2D eigenvalue weighted by Gasteiger charge is -2.06. The van der Waals surface area contributed by atoms with E-state index in [2.05, 4.69) is 9.97 Å². The second-order valence-electron chi connectivity index (χ2n) is 2.46. The topological polar surface area (TPSA) is 42.9 Å². The molecule has 0 aliphatic heterocycles. The highest BCUT2D eigenvalue weighted by Gasteiger charge is 2.35. The van der Waals surface area contributed by atoms with E-state index in [1.807, 2.05) is 0 Å². The highest BCUT2D eigenvalue weighted by atomic mass is 35.5. The van der Waals surface area contributed by atoms with E-state index >= 15 is 0 Å². The molecule has 0 aliphatic carbocycles. The van der Waals surface area contributed by atoms with Gasteiger partial charge < -0.3 is 0 Å². The summed E-state index contributed by atoms with van der Waals surface area (Å²) < 4.78 is 36.2. The quantitative estimate of drug-likeness (QED) is 0.687. The number of hydrogen-bond donors (Lipinski definition) is 0. The number of rotatable bonds is 1. The molecule has 3 nitrogen and oxygen atoms in total. The maximum Gasteiger partial charge on any atom is 0.451 e. The first-order chi connectivity index (χ1) is 6.32. The molecule has 0 fully saturated rings. The molecule has 0 N–H and O–H groups in total. The highest BCUT2D eigenvalue weighted by molar-refractivity contribution is 6.67. The Morgan fingerprint density at radius 2 is 2.07 bits per heavy atom. The summed E-state index contributed by atoms with van der Waals surface area (Å²) >= 11 is 5.07. The molecular formula is C7H4ClF3N2O. The Bertz CT molecular complexity index is 378. The van der Waals surface area contributed by atoms with Crippen LogP contribution < -0.4 is 0 Å². The van der Waals surface area contributed by atoms with Crippen LogP contribution in [0.5, 0.6) is 0 Å². The van der Waals surface area contributed by atoms with Crippen molar-refractivity contribution in [2.24, 2.45) is 0 Å². The van der Waals surface area contributed by atoms with Crippen molar-refractivity contribution in [2.45, 2.75) is 13.1 Å². The predicted octanol–water partition coefficient (Wildman–Crippen LogP) is 2.18. The second-order valence-corrected chi connectivity index (χ2v) is 2.81. The van der Waals surface area contributed by atoms with Gasteiger partial charge in [-0.1, -0.05) is 0 Å². The van der Waals surface area contributed by atoms with E-state index in [0.29, 0.717) is 0 Å². The molecule has 0 saturated heterocycles. The third kappa shape index (κ3) is 2.20. The van der Waals surface area contributed by atoms with E-state index in [0.717, 1.165) is 6.20 Å². The molecule has 0 saturated carbocycles. The minimum Gasteiger partial charge on any atom is -0.275 e. The molecule has 0 bridgehead atoms. The summed E-state index contributed by atoms with van der Waals surface area (Å²) in [5.74, 6) is -1.28. The van der Waals surface area contributed by atoms with Crippen molar-refractivity contribution in [3.05, 3.63) is 23.3 Å². The van der Waals surface area contributed by atoms with Crippen molar-refractivity contribution < 1.29 is 18.0 Å². The molecule has 0 spiro atoms. The maximum atomic E-state index is 12.1. The highest BCUT2D eigenvalue weighted by Crippen LogP contribution is 2.26. The van der Waals surface area contributed by atoms with Crippen LogP contribution in [0.15, 0.2) is 6.20 Å². The number of aryl methyl sites for hydroxylation is 1. The molecule has 1 aromatic heterocycles. The van der Waals surface area contributed by atoms with Gasteiger partial charge in [0.1, 0.15) is 0 Å². The maximum absolute atomic E-state index is 12.1. The number of halogens is 4. The van der Waals surface area contributed by atoms with Gasteiger partial charge in [0.25, 0.3) is 5.24 Å². The number of carbonyl (C=O) groups is 1. The summed E-state index contributed by atoms with van der Waals surface area (Å²) in [6.45, 7) is 1.26. The molecule has 0 aliphatic rings. The molecule has 76 valence electrons. The number of nitrogens with zero attached hydrogens (tertiary/aromatic N) is 2. The van der Waals surface area contributed by atoms with Gasteiger partial charge in [0.2, 0.25) is 5.82 Å². The van der Waals surface area contributed by atoms with Gasteiger partial charge in [0, 0.05) is 6.20 Å². The molecule has 0 atom stereocenters. The lowest BCUT2D eigenvalue weighted by atomic mass is 10.2. The van der Waals surface area contributed by atoms with Crippen LogP contribution in [0.4, 0.5) is 13.2 Å². The third-order valence-corrected chi connectivity index (χ3v) is 1.65. The Hall–Kier alpha value is -1.17. The zero-order valence-corrected chi connectivity index (χ0v) is 7.65. The smallest absolute Gasteiger partial charge is 0.275 e. The Kier molecular flexibility index (Phi) is 2.75. The fourth-order valence-electron chi connectivity index (χ4n) is 0.797. The van der Waals surface area contributed by atoms with Crippen LogP contribution in [0, 0.1) is 6.92 Å². The van der Waals surface area contributed by atoms with Crippen LogP contribution in [0.25, 0.3) is 0 Å². The van der Waals surface area contributed by atoms with Crippen molar-refractivity contribution in [1.82, 2.24) is 9.97 Å². The van der Waals surface area contributed by atoms with E-state index < -0.39 is 17.2 Å². The van der Waals surface area contributed by atoms with Crippen molar-refractivity contribution in [3.63, 3.8) is 0 Å². The minimum atomic E-state index is -4.61. The molecule has 1 rings (SSSR count). The third-order valence-electron chi connectivity index (χ3n) is 1.44. The first kappa shape index (κ1) is 10.9. The molecule has 14 heavy (non-hydrogen) atoms. The van der Waals surface area contributed by atoms with Gasteiger partial charge in [0.05, 0.1) is 11.3 Å². The first-order valence-electron chi connectivity index (χ1n) is 3.43. The number of aromatic nitrogens is 2. The van der Waals surface area contributed by atoms with Gasteiger partial charge >= 0.3 is 6.18 Å². The van der Waals surface area contributed by atoms with Gasteiger partial charge in [0.15, 0.2) is 0 Å². The van der Waals surface area contributed by atoms with E-state index in [1.54, 1.807) is 0 Å². The molecule has 0 aromatic carbocycles. The molecule has 7 heteroatoms. The second kappa shape index (κ2) is 3.53. The van der Waals surface area contributed by atoms with Crippen molar-refractivity contribution >= 4 is 16.8 Å².